The Morgan fingerprint density at radius 3 is 2.50 bits per heavy atom. The van der Waals surface area contributed by atoms with Gasteiger partial charge in [-0.25, -0.2) is 0 Å². The first-order valence-electron chi connectivity index (χ1n) is 8.56. The van der Waals surface area contributed by atoms with Gasteiger partial charge < -0.3 is 9.88 Å². The monoisotopic (exact) mass is 417 g/mol. The molecule has 0 atom stereocenters. The van der Waals surface area contributed by atoms with E-state index in [2.05, 4.69) is 5.32 Å². The summed E-state index contributed by atoms with van der Waals surface area (Å²) >= 11 is 0. The Hall–Kier alpha value is -3.95. The highest BCUT2D eigenvalue weighted by Gasteiger charge is 2.30. The van der Waals surface area contributed by atoms with Gasteiger partial charge in [-0.05, 0) is 35.9 Å². The van der Waals surface area contributed by atoms with Crippen LogP contribution in [0.3, 0.4) is 0 Å². The number of amides is 1. The minimum Gasteiger partial charge on any atom is -0.322 e. The van der Waals surface area contributed by atoms with Crippen molar-refractivity contribution >= 4 is 17.3 Å². The lowest BCUT2D eigenvalue weighted by Crippen LogP contribution is -2.29. The van der Waals surface area contributed by atoms with Gasteiger partial charge in [0, 0.05) is 24.0 Å². The van der Waals surface area contributed by atoms with E-state index in [1.807, 2.05) is 0 Å². The van der Waals surface area contributed by atoms with Gasteiger partial charge in [-0.1, -0.05) is 18.2 Å². The fourth-order valence-electron chi connectivity index (χ4n) is 2.77. The van der Waals surface area contributed by atoms with Gasteiger partial charge in [0.1, 0.15) is 5.56 Å². The summed E-state index contributed by atoms with van der Waals surface area (Å²) < 4.78 is 39.7. The number of hydrogen-bond acceptors (Lipinski definition) is 4. The Bertz CT molecular complexity index is 1170. The molecule has 0 aliphatic rings. The molecule has 0 aliphatic carbocycles. The topological polar surface area (TPSA) is 94.2 Å². The van der Waals surface area contributed by atoms with Crippen LogP contribution in [0, 0.1) is 10.1 Å². The molecule has 3 aromatic rings. The van der Waals surface area contributed by atoms with Crippen LogP contribution in [0.15, 0.2) is 71.7 Å². The van der Waals surface area contributed by atoms with Crippen LogP contribution in [0.25, 0.3) is 0 Å². The first-order valence-corrected chi connectivity index (χ1v) is 8.56. The van der Waals surface area contributed by atoms with Crippen molar-refractivity contribution in [1.82, 2.24) is 4.57 Å². The number of non-ortho nitro benzene ring substituents is 1. The van der Waals surface area contributed by atoms with Crippen molar-refractivity contribution < 1.29 is 22.9 Å². The molecular weight excluding hydrogens is 403 g/mol. The van der Waals surface area contributed by atoms with E-state index in [-0.39, 0.29) is 29.0 Å². The summed E-state index contributed by atoms with van der Waals surface area (Å²) in [7, 11) is 0. The fourth-order valence-corrected chi connectivity index (χ4v) is 2.77. The van der Waals surface area contributed by atoms with Crippen LogP contribution in [0.1, 0.15) is 21.5 Å². The number of halogens is 3. The summed E-state index contributed by atoms with van der Waals surface area (Å²) in [5.41, 5.74) is -1.67. The molecule has 0 fully saturated rings. The van der Waals surface area contributed by atoms with Gasteiger partial charge in [0.25, 0.3) is 17.2 Å². The average Bonchev–Trinajstić information content (AvgIpc) is 2.69. The van der Waals surface area contributed by atoms with E-state index >= 15 is 0 Å². The second-order valence-corrected chi connectivity index (χ2v) is 6.31. The third-order valence-electron chi connectivity index (χ3n) is 4.19. The van der Waals surface area contributed by atoms with Gasteiger partial charge in [0.2, 0.25) is 0 Å². The van der Waals surface area contributed by atoms with E-state index in [0.29, 0.717) is 0 Å². The maximum atomic E-state index is 12.9. The number of nitrogens with zero attached hydrogens (tertiary/aromatic N) is 2. The van der Waals surface area contributed by atoms with Crippen molar-refractivity contribution in [1.29, 1.82) is 0 Å². The Labute approximate surface area is 167 Å². The Morgan fingerprint density at radius 2 is 1.80 bits per heavy atom. The maximum Gasteiger partial charge on any atom is 0.416 e. The quantitative estimate of drug-likeness (QED) is 0.500. The standard InChI is InChI=1S/C20H14F3N3O4/c21-20(22,23)14-5-1-4-13(10-14)12-25-9-3-8-17(19(25)28)18(27)24-15-6-2-7-16(11-15)26(29)30/h1-11H,12H2,(H,24,27). The summed E-state index contributed by atoms with van der Waals surface area (Å²) in [6.45, 7) is -0.166. The number of aromatic nitrogens is 1. The molecule has 1 N–H and O–H groups in total. The number of carbonyl (C=O) groups is 1. The number of rotatable bonds is 5. The number of carbonyl (C=O) groups excluding carboxylic acids is 1. The lowest BCUT2D eigenvalue weighted by Gasteiger charge is -2.11. The van der Waals surface area contributed by atoms with Gasteiger partial charge in [-0.3, -0.25) is 19.7 Å². The molecule has 1 aromatic heterocycles. The first-order chi connectivity index (χ1) is 14.1. The van der Waals surface area contributed by atoms with Crippen LogP contribution in [-0.2, 0) is 12.7 Å². The third-order valence-corrected chi connectivity index (χ3v) is 4.19. The molecule has 154 valence electrons. The highest BCUT2D eigenvalue weighted by Crippen LogP contribution is 2.29. The summed E-state index contributed by atoms with van der Waals surface area (Å²) in [6.07, 6.45) is -3.16. The predicted molar refractivity (Wildman–Crippen MR) is 102 cm³/mol. The lowest BCUT2D eigenvalue weighted by atomic mass is 10.1. The number of anilines is 1. The lowest BCUT2D eigenvalue weighted by molar-refractivity contribution is -0.384. The molecule has 0 saturated carbocycles. The summed E-state index contributed by atoms with van der Waals surface area (Å²) in [5.74, 6) is -0.793. The van der Waals surface area contributed by atoms with E-state index < -0.39 is 28.1 Å². The number of hydrogen-bond donors (Lipinski definition) is 1. The second-order valence-electron chi connectivity index (χ2n) is 6.31. The molecule has 2 aromatic carbocycles. The van der Waals surface area contributed by atoms with Crippen LogP contribution in [0.2, 0.25) is 0 Å². The number of alkyl halides is 3. The fraction of sp³-hybridized carbons (Fsp3) is 0.100. The number of nitro groups is 1. The molecular formula is C20H14F3N3O4. The molecule has 0 unspecified atom stereocenters. The molecule has 30 heavy (non-hydrogen) atoms. The third kappa shape index (κ3) is 4.72. The molecule has 0 saturated heterocycles. The Morgan fingerprint density at radius 1 is 1.07 bits per heavy atom. The zero-order valence-electron chi connectivity index (χ0n) is 15.2. The van der Waals surface area contributed by atoms with Crippen LogP contribution in [-0.4, -0.2) is 15.4 Å². The number of pyridine rings is 1. The molecule has 1 heterocycles. The van der Waals surface area contributed by atoms with Crippen LogP contribution in [0.4, 0.5) is 24.5 Å². The first kappa shape index (κ1) is 20.8. The Kier molecular flexibility index (Phi) is 5.67. The molecule has 7 nitrogen and oxygen atoms in total. The van der Waals surface area contributed by atoms with E-state index in [9.17, 15) is 32.9 Å². The van der Waals surface area contributed by atoms with Crippen molar-refractivity contribution in [2.24, 2.45) is 0 Å². The van der Waals surface area contributed by atoms with E-state index in [4.69, 9.17) is 0 Å². The number of nitro benzene ring substituents is 1. The highest BCUT2D eigenvalue weighted by atomic mass is 19.4. The van der Waals surface area contributed by atoms with E-state index in [1.165, 1.54) is 48.7 Å². The molecule has 10 heteroatoms. The SMILES string of the molecule is O=C(Nc1cccc([N+](=O)[O-])c1)c1cccn(Cc2cccc(C(F)(F)F)c2)c1=O. The van der Waals surface area contributed by atoms with Crippen molar-refractivity contribution in [3.8, 4) is 0 Å². The molecule has 0 bridgehead atoms. The largest absolute Gasteiger partial charge is 0.416 e. The van der Waals surface area contributed by atoms with Gasteiger partial charge >= 0.3 is 6.18 Å². The van der Waals surface area contributed by atoms with Crippen molar-refractivity contribution in [3.63, 3.8) is 0 Å². The minimum absolute atomic E-state index is 0.127. The summed E-state index contributed by atoms with van der Waals surface area (Å²) in [4.78, 5) is 35.3. The molecule has 0 aliphatic heterocycles. The number of nitrogens with one attached hydrogen (secondary N) is 1. The van der Waals surface area contributed by atoms with Crippen molar-refractivity contribution in [2.75, 3.05) is 5.32 Å². The molecule has 3 rings (SSSR count). The highest BCUT2D eigenvalue weighted by molar-refractivity contribution is 6.04. The van der Waals surface area contributed by atoms with Crippen molar-refractivity contribution in [3.05, 3.63) is 104 Å². The van der Waals surface area contributed by atoms with Crippen LogP contribution in [0.5, 0.6) is 0 Å². The predicted octanol–water partition coefficient (Wildman–Crippen LogP) is 4.08. The van der Waals surface area contributed by atoms with Crippen LogP contribution < -0.4 is 10.9 Å². The van der Waals surface area contributed by atoms with Gasteiger partial charge in [-0.2, -0.15) is 13.2 Å². The van der Waals surface area contributed by atoms with Gasteiger partial charge in [0.15, 0.2) is 0 Å². The smallest absolute Gasteiger partial charge is 0.322 e. The molecule has 0 spiro atoms. The summed E-state index contributed by atoms with van der Waals surface area (Å²) in [5, 5.41) is 13.2. The molecule has 1 amide bonds. The zero-order chi connectivity index (χ0) is 21.9. The normalized spacial score (nSPS) is 11.2. The zero-order valence-corrected chi connectivity index (χ0v) is 15.2. The number of benzene rings is 2. The Balaban J connectivity index is 1.85. The van der Waals surface area contributed by atoms with E-state index in [1.54, 1.807) is 0 Å². The van der Waals surface area contributed by atoms with E-state index in [0.717, 1.165) is 22.8 Å². The maximum absolute atomic E-state index is 12.9. The van der Waals surface area contributed by atoms with Crippen molar-refractivity contribution in [2.45, 2.75) is 12.7 Å². The molecule has 0 radical (unpaired) electrons. The minimum atomic E-state index is -4.51. The van der Waals surface area contributed by atoms with Gasteiger partial charge in [0.05, 0.1) is 17.0 Å². The van der Waals surface area contributed by atoms with Gasteiger partial charge in [-0.15, -0.1) is 0 Å². The average molecular weight is 417 g/mol. The summed E-state index contributed by atoms with van der Waals surface area (Å²) in [6, 6.07) is 12.4. The second kappa shape index (κ2) is 8.19. The van der Waals surface area contributed by atoms with Crippen LogP contribution >= 0.6 is 0 Å².